The molecule has 0 radical (unpaired) electrons. The summed E-state index contributed by atoms with van der Waals surface area (Å²) in [5, 5.41) is 11.9. The van der Waals surface area contributed by atoms with Crippen LogP contribution in [-0.2, 0) is 6.54 Å². The normalized spacial score (nSPS) is 14.2. The number of carboxylic acid groups (broad SMARTS) is 1. The lowest BCUT2D eigenvalue weighted by molar-refractivity contribution is 0.0697. The van der Waals surface area contributed by atoms with E-state index in [1.165, 1.54) is 10.9 Å². The van der Waals surface area contributed by atoms with Gasteiger partial charge in [-0.1, -0.05) is 17.7 Å². The molecule has 0 unspecified atom stereocenters. The van der Waals surface area contributed by atoms with Gasteiger partial charge in [-0.15, -0.1) is 11.3 Å². The fourth-order valence-corrected chi connectivity index (χ4v) is 3.17. The molecule has 1 saturated carbocycles. The van der Waals surface area contributed by atoms with E-state index in [9.17, 15) is 9.90 Å². The zero-order valence-electron chi connectivity index (χ0n) is 10.8. The lowest BCUT2D eigenvalue weighted by atomic mass is 10.1. The van der Waals surface area contributed by atoms with E-state index in [0.717, 1.165) is 25.1 Å². The molecule has 0 aliphatic heterocycles. The molecule has 0 amide bonds. The van der Waals surface area contributed by atoms with E-state index in [4.69, 9.17) is 11.6 Å². The van der Waals surface area contributed by atoms with Crippen molar-refractivity contribution in [3.8, 4) is 0 Å². The van der Waals surface area contributed by atoms with Crippen LogP contribution < -0.4 is 4.90 Å². The average Bonchev–Trinajstić information content (AvgIpc) is 3.13. The molecule has 3 rings (SSSR count). The molecular weight excluding hydrogens is 294 g/mol. The van der Waals surface area contributed by atoms with Gasteiger partial charge in [0.25, 0.3) is 0 Å². The van der Waals surface area contributed by atoms with Crippen molar-refractivity contribution >= 4 is 34.6 Å². The van der Waals surface area contributed by atoms with E-state index in [1.54, 1.807) is 17.4 Å². The van der Waals surface area contributed by atoms with Gasteiger partial charge in [0.1, 0.15) is 0 Å². The molecule has 1 aliphatic carbocycles. The van der Waals surface area contributed by atoms with Crippen LogP contribution in [0.2, 0.25) is 5.02 Å². The lowest BCUT2D eigenvalue weighted by Gasteiger charge is -2.25. The number of thiophene rings is 1. The number of benzene rings is 1. The van der Waals surface area contributed by atoms with Crippen LogP contribution in [-0.4, -0.2) is 17.1 Å². The number of hydrogen-bond donors (Lipinski definition) is 1. The molecule has 1 aliphatic rings. The Morgan fingerprint density at radius 1 is 1.40 bits per heavy atom. The molecule has 104 valence electrons. The van der Waals surface area contributed by atoms with Crippen molar-refractivity contribution in [2.24, 2.45) is 0 Å². The fourth-order valence-electron chi connectivity index (χ4n) is 2.30. The molecule has 5 heteroatoms. The highest BCUT2D eigenvalue weighted by Crippen LogP contribution is 2.36. The predicted molar refractivity (Wildman–Crippen MR) is 81.9 cm³/mol. The summed E-state index contributed by atoms with van der Waals surface area (Å²) in [5.41, 5.74) is 1.04. The molecule has 1 aromatic heterocycles. The maximum absolute atomic E-state index is 11.4. The third-order valence-corrected chi connectivity index (χ3v) is 4.49. The summed E-state index contributed by atoms with van der Waals surface area (Å²) in [6.07, 6.45) is 2.24. The highest BCUT2D eigenvalue weighted by atomic mass is 35.5. The highest BCUT2D eigenvalue weighted by molar-refractivity contribution is 7.09. The Morgan fingerprint density at radius 2 is 2.20 bits per heavy atom. The predicted octanol–water partition coefficient (Wildman–Crippen LogP) is 4.27. The van der Waals surface area contributed by atoms with Gasteiger partial charge in [0.05, 0.1) is 17.8 Å². The lowest BCUT2D eigenvalue weighted by Crippen LogP contribution is -2.26. The molecule has 1 fully saturated rings. The molecule has 1 heterocycles. The van der Waals surface area contributed by atoms with Gasteiger partial charge in [-0.05, 0) is 42.5 Å². The number of aromatic carboxylic acids is 1. The van der Waals surface area contributed by atoms with Gasteiger partial charge in [-0.3, -0.25) is 0 Å². The van der Waals surface area contributed by atoms with Crippen molar-refractivity contribution < 1.29 is 9.90 Å². The number of nitrogens with zero attached hydrogens (tertiary/aromatic N) is 1. The number of halogens is 1. The van der Waals surface area contributed by atoms with Gasteiger partial charge in [-0.25, -0.2) is 4.79 Å². The molecule has 0 saturated heterocycles. The Labute approximate surface area is 126 Å². The van der Waals surface area contributed by atoms with E-state index in [-0.39, 0.29) is 5.56 Å². The van der Waals surface area contributed by atoms with E-state index >= 15 is 0 Å². The first kappa shape index (κ1) is 13.5. The summed E-state index contributed by atoms with van der Waals surface area (Å²) in [6.45, 7) is 0.754. The summed E-state index contributed by atoms with van der Waals surface area (Å²) >= 11 is 7.62. The van der Waals surface area contributed by atoms with E-state index in [2.05, 4.69) is 11.0 Å². The van der Waals surface area contributed by atoms with Crippen LogP contribution >= 0.6 is 22.9 Å². The SMILES string of the molecule is O=C(O)c1cc(Cl)ccc1N(Cc1cccs1)C1CC1. The van der Waals surface area contributed by atoms with Crippen LogP contribution in [0.1, 0.15) is 28.1 Å². The highest BCUT2D eigenvalue weighted by Gasteiger charge is 2.31. The minimum absolute atomic E-state index is 0.279. The van der Waals surface area contributed by atoms with Gasteiger partial charge in [0.15, 0.2) is 0 Å². The maximum Gasteiger partial charge on any atom is 0.337 e. The Balaban J connectivity index is 1.97. The van der Waals surface area contributed by atoms with Crippen molar-refractivity contribution in [3.05, 3.63) is 51.2 Å². The quantitative estimate of drug-likeness (QED) is 0.897. The van der Waals surface area contributed by atoms with Crippen LogP contribution in [0.4, 0.5) is 5.69 Å². The monoisotopic (exact) mass is 307 g/mol. The molecule has 3 nitrogen and oxygen atoms in total. The molecule has 2 aromatic rings. The first-order chi connectivity index (χ1) is 9.65. The number of anilines is 1. The Bertz CT molecular complexity index is 623. The second-order valence-electron chi connectivity index (χ2n) is 4.91. The number of rotatable bonds is 5. The average molecular weight is 308 g/mol. The fraction of sp³-hybridized carbons (Fsp3) is 0.267. The summed E-state index contributed by atoms with van der Waals surface area (Å²) in [6, 6.07) is 9.64. The van der Waals surface area contributed by atoms with E-state index in [0.29, 0.717) is 11.1 Å². The van der Waals surface area contributed by atoms with Gasteiger partial charge in [0, 0.05) is 15.9 Å². The summed E-state index contributed by atoms with van der Waals surface area (Å²) in [4.78, 5) is 14.9. The third-order valence-electron chi connectivity index (χ3n) is 3.39. The Kier molecular flexibility index (Phi) is 3.68. The van der Waals surface area contributed by atoms with E-state index < -0.39 is 5.97 Å². The molecule has 1 aromatic carbocycles. The molecular formula is C15H14ClNO2S. The molecule has 0 bridgehead atoms. The van der Waals surface area contributed by atoms with Gasteiger partial charge >= 0.3 is 5.97 Å². The number of carboxylic acids is 1. The van der Waals surface area contributed by atoms with Gasteiger partial charge in [0.2, 0.25) is 0 Å². The van der Waals surface area contributed by atoms with Crippen LogP contribution in [0.5, 0.6) is 0 Å². The maximum atomic E-state index is 11.4. The molecule has 0 atom stereocenters. The second kappa shape index (κ2) is 5.46. The van der Waals surface area contributed by atoms with E-state index in [1.807, 2.05) is 17.5 Å². The molecule has 1 N–H and O–H groups in total. The summed E-state index contributed by atoms with van der Waals surface area (Å²) in [7, 11) is 0. The Hall–Kier alpha value is -1.52. The van der Waals surface area contributed by atoms with Crippen molar-refractivity contribution in [1.82, 2.24) is 0 Å². The van der Waals surface area contributed by atoms with Crippen molar-refractivity contribution in [3.63, 3.8) is 0 Å². The van der Waals surface area contributed by atoms with Crippen molar-refractivity contribution in [2.75, 3.05) is 4.90 Å². The zero-order valence-corrected chi connectivity index (χ0v) is 12.3. The minimum Gasteiger partial charge on any atom is -0.478 e. The Morgan fingerprint density at radius 3 is 2.80 bits per heavy atom. The first-order valence-corrected chi connectivity index (χ1v) is 7.73. The minimum atomic E-state index is -0.931. The van der Waals surface area contributed by atoms with Gasteiger partial charge in [-0.2, -0.15) is 0 Å². The largest absolute Gasteiger partial charge is 0.478 e. The zero-order chi connectivity index (χ0) is 14.1. The van der Waals surface area contributed by atoms with Crippen LogP contribution in [0.3, 0.4) is 0 Å². The van der Waals surface area contributed by atoms with Crippen molar-refractivity contribution in [1.29, 1.82) is 0 Å². The molecule has 20 heavy (non-hydrogen) atoms. The summed E-state index contributed by atoms with van der Waals surface area (Å²) < 4.78 is 0. The van der Waals surface area contributed by atoms with Crippen molar-refractivity contribution in [2.45, 2.75) is 25.4 Å². The van der Waals surface area contributed by atoms with Crippen LogP contribution in [0, 0.1) is 0 Å². The van der Waals surface area contributed by atoms with Crippen LogP contribution in [0.15, 0.2) is 35.7 Å². The summed E-state index contributed by atoms with van der Waals surface area (Å²) in [5.74, 6) is -0.931. The smallest absolute Gasteiger partial charge is 0.337 e. The number of hydrogen-bond acceptors (Lipinski definition) is 3. The second-order valence-corrected chi connectivity index (χ2v) is 6.37. The standard InChI is InChI=1S/C15H14ClNO2S/c16-10-3-6-14(13(8-10)15(18)19)17(11-4-5-11)9-12-2-1-7-20-12/h1-3,6-8,11H,4-5,9H2,(H,18,19). The first-order valence-electron chi connectivity index (χ1n) is 6.47. The topological polar surface area (TPSA) is 40.5 Å². The number of carbonyl (C=O) groups is 1. The molecule has 0 spiro atoms. The van der Waals surface area contributed by atoms with Crippen LogP contribution in [0.25, 0.3) is 0 Å². The van der Waals surface area contributed by atoms with Gasteiger partial charge < -0.3 is 10.0 Å². The third kappa shape index (κ3) is 2.81.